The van der Waals surface area contributed by atoms with Crippen LogP contribution in [-0.4, -0.2) is 0 Å². The van der Waals surface area contributed by atoms with Gasteiger partial charge in [0.05, 0.1) is 0 Å². The normalized spacial score (nSPS) is 31.1. The van der Waals surface area contributed by atoms with E-state index in [2.05, 4.69) is 25.2 Å². The zero-order chi connectivity index (χ0) is 9.80. The first-order valence-corrected chi connectivity index (χ1v) is 6.28. The summed E-state index contributed by atoms with van der Waals surface area (Å²) in [6.45, 7) is 2.30. The Hall–Kier alpha value is -0.520. The molecular formula is C14H22. The summed E-state index contributed by atoms with van der Waals surface area (Å²) in [6, 6.07) is 0. The van der Waals surface area contributed by atoms with Gasteiger partial charge >= 0.3 is 0 Å². The van der Waals surface area contributed by atoms with Crippen LogP contribution in [0.4, 0.5) is 0 Å². The Morgan fingerprint density at radius 3 is 3.07 bits per heavy atom. The Kier molecular flexibility index (Phi) is 3.44. The van der Waals surface area contributed by atoms with Crippen molar-refractivity contribution in [2.45, 2.75) is 51.9 Å². The van der Waals surface area contributed by atoms with Gasteiger partial charge in [-0.15, -0.1) is 0 Å². The summed E-state index contributed by atoms with van der Waals surface area (Å²) < 4.78 is 0. The summed E-state index contributed by atoms with van der Waals surface area (Å²) in [5.74, 6) is 1.87. The topological polar surface area (TPSA) is 0 Å². The highest BCUT2D eigenvalue weighted by molar-refractivity contribution is 5.23. The van der Waals surface area contributed by atoms with Crippen LogP contribution in [0.3, 0.4) is 0 Å². The highest BCUT2D eigenvalue weighted by Gasteiger charge is 2.29. The third-order valence-corrected chi connectivity index (χ3v) is 3.82. The molecule has 1 fully saturated rings. The van der Waals surface area contributed by atoms with Crippen molar-refractivity contribution in [3.8, 4) is 0 Å². The smallest absolute Gasteiger partial charge is 0.0194 e. The molecule has 78 valence electrons. The Morgan fingerprint density at radius 2 is 2.21 bits per heavy atom. The molecule has 0 N–H and O–H groups in total. The zero-order valence-corrected chi connectivity index (χ0v) is 9.34. The van der Waals surface area contributed by atoms with Crippen LogP contribution in [0, 0.1) is 11.8 Å². The first-order valence-electron chi connectivity index (χ1n) is 6.28. The van der Waals surface area contributed by atoms with Crippen molar-refractivity contribution in [3.63, 3.8) is 0 Å². The van der Waals surface area contributed by atoms with Crippen LogP contribution >= 0.6 is 0 Å². The van der Waals surface area contributed by atoms with E-state index in [0.29, 0.717) is 0 Å². The molecular weight excluding hydrogens is 168 g/mol. The Morgan fingerprint density at radius 1 is 1.29 bits per heavy atom. The fraction of sp³-hybridized carbons (Fsp3) is 0.714. The molecule has 2 rings (SSSR count). The third-order valence-electron chi connectivity index (χ3n) is 3.82. The van der Waals surface area contributed by atoms with Gasteiger partial charge in [0.1, 0.15) is 0 Å². The van der Waals surface area contributed by atoms with E-state index in [-0.39, 0.29) is 0 Å². The van der Waals surface area contributed by atoms with Gasteiger partial charge in [0, 0.05) is 0 Å². The zero-order valence-electron chi connectivity index (χ0n) is 9.34. The molecule has 0 radical (unpaired) electrons. The van der Waals surface area contributed by atoms with Gasteiger partial charge < -0.3 is 0 Å². The highest BCUT2D eigenvalue weighted by atomic mass is 14.3. The van der Waals surface area contributed by atoms with Gasteiger partial charge in [-0.1, -0.05) is 43.6 Å². The van der Waals surface area contributed by atoms with Crippen LogP contribution in [0.5, 0.6) is 0 Å². The minimum Gasteiger partial charge on any atom is -0.0845 e. The van der Waals surface area contributed by atoms with Gasteiger partial charge in [-0.05, 0) is 43.9 Å². The first kappa shape index (κ1) is 10.0. The second kappa shape index (κ2) is 4.82. The molecule has 0 aliphatic heterocycles. The molecule has 0 saturated heterocycles. The second-order valence-corrected chi connectivity index (χ2v) is 4.79. The molecule has 0 amide bonds. The van der Waals surface area contributed by atoms with Crippen molar-refractivity contribution in [1.82, 2.24) is 0 Å². The molecule has 14 heavy (non-hydrogen) atoms. The lowest BCUT2D eigenvalue weighted by Crippen LogP contribution is -2.01. The van der Waals surface area contributed by atoms with Crippen LogP contribution in [-0.2, 0) is 0 Å². The van der Waals surface area contributed by atoms with Gasteiger partial charge in [-0.3, -0.25) is 0 Å². The largest absolute Gasteiger partial charge is 0.0845 e. The predicted molar refractivity (Wildman–Crippen MR) is 62.2 cm³/mol. The van der Waals surface area contributed by atoms with Gasteiger partial charge in [0.25, 0.3) is 0 Å². The molecule has 2 atom stereocenters. The average Bonchev–Trinajstić information content (AvgIpc) is 2.45. The lowest BCUT2D eigenvalue weighted by molar-refractivity contribution is 0.540. The Labute approximate surface area is 88.1 Å². The maximum Gasteiger partial charge on any atom is -0.0194 e. The maximum absolute atomic E-state index is 2.42. The molecule has 0 aromatic heterocycles. The maximum atomic E-state index is 2.42. The minimum absolute atomic E-state index is 0.933. The monoisotopic (exact) mass is 190 g/mol. The standard InChI is InChI=1S/C14H22/c1-2-3-7-12-10-11-13-8-5-4-6-9-14(12)13/h4,6,9,12-13H,2-3,5,7-8,10-11H2,1H3. The molecule has 0 nitrogen and oxygen atoms in total. The molecule has 0 heterocycles. The lowest BCUT2D eigenvalue weighted by Gasteiger charge is -2.14. The second-order valence-electron chi connectivity index (χ2n) is 4.79. The number of unbranched alkanes of at least 4 members (excludes halogenated alkanes) is 1. The van der Waals surface area contributed by atoms with Crippen LogP contribution in [0.15, 0.2) is 23.8 Å². The predicted octanol–water partition coefficient (Wildman–Crippen LogP) is 4.48. The van der Waals surface area contributed by atoms with E-state index in [1.807, 2.05) is 0 Å². The number of hydrogen-bond donors (Lipinski definition) is 0. The molecule has 0 bridgehead atoms. The van der Waals surface area contributed by atoms with Gasteiger partial charge in [-0.2, -0.15) is 0 Å². The van der Waals surface area contributed by atoms with E-state index in [4.69, 9.17) is 0 Å². The van der Waals surface area contributed by atoms with E-state index in [0.717, 1.165) is 11.8 Å². The molecule has 1 saturated carbocycles. The van der Waals surface area contributed by atoms with E-state index >= 15 is 0 Å². The number of allylic oxidation sites excluding steroid dienone is 4. The average molecular weight is 190 g/mol. The van der Waals surface area contributed by atoms with E-state index in [9.17, 15) is 0 Å². The summed E-state index contributed by atoms with van der Waals surface area (Å²) in [6.07, 6.45) is 16.9. The van der Waals surface area contributed by atoms with Gasteiger partial charge in [0.2, 0.25) is 0 Å². The Balaban J connectivity index is 2.00. The van der Waals surface area contributed by atoms with Gasteiger partial charge in [0.15, 0.2) is 0 Å². The molecule has 0 heteroatoms. The molecule has 2 unspecified atom stereocenters. The summed E-state index contributed by atoms with van der Waals surface area (Å²) in [5, 5.41) is 0. The van der Waals surface area contributed by atoms with E-state index < -0.39 is 0 Å². The Bertz CT molecular complexity index is 234. The summed E-state index contributed by atoms with van der Waals surface area (Å²) in [4.78, 5) is 0. The highest BCUT2D eigenvalue weighted by Crippen LogP contribution is 2.42. The van der Waals surface area contributed by atoms with E-state index in [1.54, 1.807) is 5.57 Å². The summed E-state index contributed by atoms with van der Waals surface area (Å²) in [5.41, 5.74) is 1.78. The minimum atomic E-state index is 0.933. The van der Waals surface area contributed by atoms with Gasteiger partial charge in [-0.25, -0.2) is 0 Å². The van der Waals surface area contributed by atoms with Crippen LogP contribution in [0.25, 0.3) is 0 Å². The molecule has 2 aliphatic carbocycles. The van der Waals surface area contributed by atoms with Crippen molar-refractivity contribution >= 4 is 0 Å². The summed E-state index contributed by atoms with van der Waals surface area (Å²) in [7, 11) is 0. The molecule has 0 aromatic rings. The third kappa shape index (κ3) is 2.10. The van der Waals surface area contributed by atoms with Crippen molar-refractivity contribution in [3.05, 3.63) is 23.8 Å². The van der Waals surface area contributed by atoms with Crippen molar-refractivity contribution in [1.29, 1.82) is 0 Å². The molecule has 0 spiro atoms. The van der Waals surface area contributed by atoms with Crippen LogP contribution < -0.4 is 0 Å². The fourth-order valence-corrected chi connectivity index (χ4v) is 2.99. The SMILES string of the molecule is CCCCC1CCC2CCC=CC=C21. The van der Waals surface area contributed by atoms with Crippen molar-refractivity contribution < 1.29 is 0 Å². The molecule has 2 aliphatic rings. The summed E-state index contributed by atoms with van der Waals surface area (Å²) >= 11 is 0. The van der Waals surface area contributed by atoms with Crippen LogP contribution in [0.1, 0.15) is 51.9 Å². The number of hydrogen-bond acceptors (Lipinski definition) is 0. The number of rotatable bonds is 3. The van der Waals surface area contributed by atoms with Crippen molar-refractivity contribution in [2.75, 3.05) is 0 Å². The van der Waals surface area contributed by atoms with E-state index in [1.165, 1.54) is 44.9 Å². The lowest BCUT2D eigenvalue weighted by atomic mass is 9.91. The van der Waals surface area contributed by atoms with Crippen LogP contribution in [0.2, 0.25) is 0 Å². The fourth-order valence-electron chi connectivity index (χ4n) is 2.99. The van der Waals surface area contributed by atoms with Crippen molar-refractivity contribution in [2.24, 2.45) is 11.8 Å². The number of fused-ring (bicyclic) bond motifs is 1. The molecule has 0 aromatic carbocycles. The first-order chi connectivity index (χ1) is 6.92. The quantitative estimate of drug-likeness (QED) is 0.615.